The summed E-state index contributed by atoms with van der Waals surface area (Å²) < 4.78 is 28.8. The van der Waals surface area contributed by atoms with Crippen molar-refractivity contribution in [1.29, 1.82) is 0 Å². The third-order valence-corrected chi connectivity index (χ3v) is 7.44. The highest BCUT2D eigenvalue weighted by atomic mass is 127. The van der Waals surface area contributed by atoms with Crippen LogP contribution in [0.4, 0.5) is 5.69 Å². The van der Waals surface area contributed by atoms with Gasteiger partial charge in [0.25, 0.3) is 15.9 Å². The van der Waals surface area contributed by atoms with Crippen molar-refractivity contribution in [3.8, 4) is 0 Å². The van der Waals surface area contributed by atoms with Crippen molar-refractivity contribution in [2.75, 3.05) is 10.8 Å². The molecule has 0 unspecified atom stereocenters. The summed E-state index contributed by atoms with van der Waals surface area (Å²) in [4.78, 5) is 12.8. The lowest BCUT2D eigenvalue weighted by Gasteiger charge is -2.24. The Hall–Kier alpha value is -2.43. The molecule has 1 N–H and O–H groups in total. The summed E-state index contributed by atoms with van der Waals surface area (Å²) in [6.07, 6.45) is 0. The number of hydrogen-bond donors (Lipinski definition) is 1. The normalized spacial score (nSPS) is 11.8. The first kappa shape index (κ1) is 24.2. The quantitative estimate of drug-likeness (QED) is 0.243. The van der Waals surface area contributed by atoms with Crippen LogP contribution >= 0.6 is 34.2 Å². The molecule has 0 spiro atoms. The minimum absolute atomic E-state index is 0.0643. The summed E-state index contributed by atoms with van der Waals surface area (Å²) in [5.74, 6) is -0.592. The van der Waals surface area contributed by atoms with Gasteiger partial charge in [0.2, 0.25) is 0 Å². The highest BCUT2D eigenvalue weighted by Gasteiger charge is 2.28. The first-order valence-electron chi connectivity index (χ1n) is 9.61. The van der Waals surface area contributed by atoms with Crippen molar-refractivity contribution in [1.82, 2.24) is 5.43 Å². The van der Waals surface area contributed by atoms with Crippen LogP contribution in [-0.2, 0) is 14.8 Å². The molecule has 0 saturated carbocycles. The number of carbonyl (C=O) groups is 1. The van der Waals surface area contributed by atoms with E-state index >= 15 is 0 Å². The second kappa shape index (κ2) is 10.5. The Labute approximate surface area is 206 Å². The number of aryl methyl sites for hydroxylation is 1. The second-order valence-corrected chi connectivity index (χ2v) is 10.5. The molecule has 3 aromatic carbocycles. The summed E-state index contributed by atoms with van der Waals surface area (Å²) >= 11 is 8.48. The van der Waals surface area contributed by atoms with E-state index in [0.717, 1.165) is 19.0 Å². The minimum Gasteiger partial charge on any atom is -0.271 e. The molecule has 0 heterocycles. The van der Waals surface area contributed by atoms with Crippen LogP contribution in [0.2, 0.25) is 5.02 Å². The van der Waals surface area contributed by atoms with Gasteiger partial charge in [0.05, 0.1) is 21.3 Å². The largest absolute Gasteiger partial charge is 0.271 e. The van der Waals surface area contributed by atoms with E-state index in [1.54, 1.807) is 43.3 Å². The van der Waals surface area contributed by atoms with Gasteiger partial charge < -0.3 is 0 Å². The number of halogens is 2. The summed E-state index contributed by atoms with van der Waals surface area (Å²) in [7, 11) is -4.05. The van der Waals surface area contributed by atoms with E-state index in [2.05, 4.69) is 33.1 Å². The highest BCUT2D eigenvalue weighted by Crippen LogP contribution is 2.30. The van der Waals surface area contributed by atoms with Crippen molar-refractivity contribution in [3.63, 3.8) is 0 Å². The fourth-order valence-corrected chi connectivity index (χ4v) is 4.95. The molecule has 166 valence electrons. The Kier molecular flexibility index (Phi) is 7.91. The molecule has 32 heavy (non-hydrogen) atoms. The van der Waals surface area contributed by atoms with Crippen LogP contribution < -0.4 is 9.73 Å². The molecule has 9 heteroatoms. The molecular formula is C23H21ClIN3O3S. The van der Waals surface area contributed by atoms with E-state index in [-0.39, 0.29) is 15.6 Å². The molecule has 0 aromatic heterocycles. The van der Waals surface area contributed by atoms with Crippen molar-refractivity contribution in [3.05, 3.63) is 92.5 Å². The standard InChI is InChI=1S/C23H21ClIN3O3S/c1-16-7-13-20(14-8-16)32(30,31)28(22-6-4-3-5-21(22)24)15-23(29)27-26-17(2)18-9-11-19(25)12-10-18/h3-14H,15H2,1-2H3,(H,27,29)/b26-17-. The molecule has 0 saturated heterocycles. The maximum atomic E-state index is 13.4. The monoisotopic (exact) mass is 581 g/mol. The molecular weight excluding hydrogens is 561 g/mol. The molecule has 0 radical (unpaired) electrons. The molecule has 0 aliphatic carbocycles. The topological polar surface area (TPSA) is 78.8 Å². The van der Waals surface area contributed by atoms with Gasteiger partial charge in [-0.1, -0.05) is 53.6 Å². The number of carbonyl (C=O) groups excluding carboxylic acids is 1. The lowest BCUT2D eigenvalue weighted by molar-refractivity contribution is -0.119. The van der Waals surface area contributed by atoms with Crippen LogP contribution in [0.3, 0.4) is 0 Å². The van der Waals surface area contributed by atoms with Crippen LogP contribution in [0.15, 0.2) is 82.8 Å². The lowest BCUT2D eigenvalue weighted by atomic mass is 10.1. The fraction of sp³-hybridized carbons (Fsp3) is 0.130. The molecule has 3 aromatic rings. The van der Waals surface area contributed by atoms with E-state index in [0.29, 0.717) is 5.71 Å². The van der Waals surface area contributed by atoms with Crippen LogP contribution in [-0.4, -0.2) is 26.6 Å². The predicted molar refractivity (Wildman–Crippen MR) is 137 cm³/mol. The van der Waals surface area contributed by atoms with Crippen LogP contribution in [0.25, 0.3) is 0 Å². The lowest BCUT2D eigenvalue weighted by Crippen LogP contribution is -2.40. The second-order valence-electron chi connectivity index (χ2n) is 7.02. The third-order valence-electron chi connectivity index (χ3n) is 4.63. The number of benzene rings is 3. The number of hydrazone groups is 1. The number of amides is 1. The van der Waals surface area contributed by atoms with Crippen LogP contribution in [0, 0.1) is 10.5 Å². The number of para-hydroxylation sites is 1. The highest BCUT2D eigenvalue weighted by molar-refractivity contribution is 14.1. The first-order chi connectivity index (χ1) is 15.2. The zero-order chi connectivity index (χ0) is 23.3. The Morgan fingerprint density at radius 2 is 1.66 bits per heavy atom. The van der Waals surface area contributed by atoms with E-state index in [9.17, 15) is 13.2 Å². The van der Waals surface area contributed by atoms with Gasteiger partial charge in [-0.05, 0) is 78.4 Å². The van der Waals surface area contributed by atoms with Crippen molar-refractivity contribution < 1.29 is 13.2 Å². The Balaban J connectivity index is 1.88. The molecule has 0 bridgehead atoms. The van der Waals surface area contributed by atoms with Gasteiger partial charge in [0.1, 0.15) is 6.54 Å². The number of anilines is 1. The van der Waals surface area contributed by atoms with Gasteiger partial charge in [0.15, 0.2) is 0 Å². The Bertz CT molecular complexity index is 1240. The average Bonchev–Trinajstić information content (AvgIpc) is 2.77. The number of hydrogen-bond acceptors (Lipinski definition) is 4. The maximum Gasteiger partial charge on any atom is 0.264 e. The van der Waals surface area contributed by atoms with Crippen molar-refractivity contribution in [2.24, 2.45) is 5.10 Å². The first-order valence-corrected chi connectivity index (χ1v) is 12.5. The summed E-state index contributed by atoms with van der Waals surface area (Å²) in [6.45, 7) is 3.14. The zero-order valence-corrected chi connectivity index (χ0v) is 21.1. The molecule has 1 amide bonds. The van der Waals surface area contributed by atoms with Crippen LogP contribution in [0.1, 0.15) is 18.1 Å². The Morgan fingerprint density at radius 3 is 2.28 bits per heavy atom. The van der Waals surface area contributed by atoms with Gasteiger partial charge in [-0.3, -0.25) is 9.10 Å². The van der Waals surface area contributed by atoms with Crippen molar-refractivity contribution in [2.45, 2.75) is 18.7 Å². The van der Waals surface area contributed by atoms with E-state index in [1.807, 2.05) is 31.2 Å². The molecule has 0 aliphatic heterocycles. The van der Waals surface area contributed by atoms with Gasteiger partial charge in [-0.15, -0.1) is 0 Å². The molecule has 0 aliphatic rings. The predicted octanol–water partition coefficient (Wildman–Crippen LogP) is 4.99. The SMILES string of the molecule is C/C(=N/NC(=O)CN(c1ccccc1Cl)S(=O)(=O)c1ccc(C)cc1)c1ccc(I)cc1. The molecule has 0 atom stereocenters. The van der Waals surface area contributed by atoms with E-state index in [4.69, 9.17) is 11.6 Å². The number of rotatable bonds is 7. The molecule has 3 rings (SSSR count). The number of nitrogens with zero attached hydrogens (tertiary/aromatic N) is 2. The third kappa shape index (κ3) is 5.87. The maximum absolute atomic E-state index is 13.4. The number of sulfonamides is 1. The van der Waals surface area contributed by atoms with Gasteiger partial charge in [-0.2, -0.15) is 5.10 Å². The van der Waals surface area contributed by atoms with E-state index < -0.39 is 22.5 Å². The van der Waals surface area contributed by atoms with Gasteiger partial charge in [-0.25, -0.2) is 13.8 Å². The van der Waals surface area contributed by atoms with Gasteiger partial charge >= 0.3 is 0 Å². The summed E-state index contributed by atoms with van der Waals surface area (Å²) in [5.41, 5.74) is 5.03. The molecule has 0 fully saturated rings. The van der Waals surface area contributed by atoms with Crippen molar-refractivity contribution >= 4 is 61.5 Å². The Morgan fingerprint density at radius 1 is 1.03 bits per heavy atom. The summed E-state index contributed by atoms with van der Waals surface area (Å²) in [5, 5.41) is 4.34. The molecule has 6 nitrogen and oxygen atoms in total. The zero-order valence-electron chi connectivity index (χ0n) is 17.4. The van der Waals surface area contributed by atoms with E-state index in [1.165, 1.54) is 12.1 Å². The number of nitrogens with one attached hydrogen (secondary N) is 1. The average molecular weight is 582 g/mol. The van der Waals surface area contributed by atoms with Crippen LogP contribution in [0.5, 0.6) is 0 Å². The smallest absolute Gasteiger partial charge is 0.264 e. The van der Waals surface area contributed by atoms with Gasteiger partial charge in [0, 0.05) is 3.57 Å². The minimum atomic E-state index is -4.05. The summed E-state index contributed by atoms with van der Waals surface area (Å²) in [6, 6.07) is 20.6. The fourth-order valence-electron chi connectivity index (χ4n) is 2.86.